The van der Waals surface area contributed by atoms with E-state index in [1.807, 2.05) is 30.3 Å². The summed E-state index contributed by atoms with van der Waals surface area (Å²) in [6.07, 6.45) is 5.19. The van der Waals surface area contributed by atoms with Crippen LogP contribution in [-0.4, -0.2) is 57.5 Å². The second-order valence-corrected chi connectivity index (χ2v) is 8.63. The van der Waals surface area contributed by atoms with Crippen LogP contribution in [0.25, 0.3) is 0 Å². The summed E-state index contributed by atoms with van der Waals surface area (Å²) in [5.74, 6) is -0.789. The Balaban J connectivity index is 1.87. The molecule has 0 aliphatic rings. The quantitative estimate of drug-likeness (QED) is 0.396. The maximum Gasteiger partial charge on any atom is 0.324 e. The molecular formula is C24H33N5O4. The number of hydrogen-bond donors (Lipinski definition) is 3. The van der Waals surface area contributed by atoms with Crippen molar-refractivity contribution in [1.29, 1.82) is 0 Å². The van der Waals surface area contributed by atoms with Gasteiger partial charge in [-0.25, -0.2) is 14.8 Å². The molecule has 0 aliphatic heterocycles. The number of carboxylic acid groups (broad SMARTS) is 1. The van der Waals surface area contributed by atoms with Crippen LogP contribution in [0.2, 0.25) is 0 Å². The molecule has 0 saturated carbocycles. The molecule has 0 bridgehead atoms. The molecule has 3 N–H and O–H groups in total. The van der Waals surface area contributed by atoms with Gasteiger partial charge in [0.25, 0.3) is 0 Å². The van der Waals surface area contributed by atoms with Crippen molar-refractivity contribution in [3.05, 3.63) is 54.4 Å². The van der Waals surface area contributed by atoms with E-state index in [9.17, 15) is 14.4 Å². The summed E-state index contributed by atoms with van der Waals surface area (Å²) in [6, 6.07) is 10.9. The molecule has 1 aromatic heterocycles. The van der Waals surface area contributed by atoms with Gasteiger partial charge in [-0.1, -0.05) is 44.2 Å². The molecule has 2 rings (SSSR count). The first-order valence-electron chi connectivity index (χ1n) is 11.1. The van der Waals surface area contributed by atoms with Crippen LogP contribution < -0.4 is 10.6 Å². The minimum Gasteiger partial charge on any atom is -0.481 e. The van der Waals surface area contributed by atoms with E-state index in [0.717, 1.165) is 18.4 Å². The number of benzene rings is 1. The van der Waals surface area contributed by atoms with Gasteiger partial charge in [0.1, 0.15) is 0 Å². The highest BCUT2D eigenvalue weighted by atomic mass is 16.4. The van der Waals surface area contributed by atoms with E-state index < -0.39 is 17.4 Å². The van der Waals surface area contributed by atoms with Crippen molar-refractivity contribution in [3.63, 3.8) is 0 Å². The molecule has 2 aromatic rings. The number of rotatable bonds is 13. The number of imide groups is 1. The third kappa shape index (κ3) is 10.1. The first-order chi connectivity index (χ1) is 15.8. The molecule has 33 heavy (non-hydrogen) atoms. The number of carboxylic acids is 1. The number of urea groups is 1. The van der Waals surface area contributed by atoms with Gasteiger partial charge in [-0.15, -0.1) is 0 Å². The Morgan fingerprint density at radius 2 is 1.64 bits per heavy atom. The molecule has 3 amide bonds. The van der Waals surface area contributed by atoms with E-state index in [1.54, 1.807) is 32.3 Å². The second kappa shape index (κ2) is 13.1. The Hall–Kier alpha value is -3.49. The number of aliphatic carboxylic acids is 1. The molecule has 1 aromatic carbocycles. The monoisotopic (exact) mass is 455 g/mol. The summed E-state index contributed by atoms with van der Waals surface area (Å²) >= 11 is 0. The van der Waals surface area contributed by atoms with Crippen LogP contribution in [0, 0.1) is 5.41 Å². The Labute approximate surface area is 194 Å². The Bertz CT molecular complexity index is 890. The molecule has 0 unspecified atom stereocenters. The van der Waals surface area contributed by atoms with Gasteiger partial charge in [0.05, 0.1) is 6.42 Å². The third-order valence-electron chi connectivity index (χ3n) is 5.00. The van der Waals surface area contributed by atoms with Crippen LogP contribution in [0.1, 0.15) is 45.1 Å². The molecule has 178 valence electrons. The lowest BCUT2D eigenvalue weighted by molar-refractivity contribution is -0.140. The van der Waals surface area contributed by atoms with Gasteiger partial charge in [-0.3, -0.25) is 14.5 Å². The lowest BCUT2D eigenvalue weighted by Crippen LogP contribution is -2.46. The van der Waals surface area contributed by atoms with Crippen LogP contribution in [0.4, 0.5) is 10.7 Å². The predicted octanol–water partition coefficient (Wildman–Crippen LogP) is 3.34. The van der Waals surface area contributed by atoms with Crippen molar-refractivity contribution in [2.45, 2.75) is 46.0 Å². The van der Waals surface area contributed by atoms with Crippen molar-refractivity contribution in [1.82, 2.24) is 20.2 Å². The number of unbranched alkanes of at least 4 members (excludes halogenated alkanes) is 1. The minimum atomic E-state index is -0.970. The van der Waals surface area contributed by atoms with E-state index >= 15 is 0 Å². The minimum absolute atomic E-state index is 0.0253. The van der Waals surface area contributed by atoms with Gasteiger partial charge in [-0.2, -0.15) is 0 Å². The Morgan fingerprint density at radius 3 is 2.30 bits per heavy atom. The fraction of sp³-hybridized carbons (Fsp3) is 0.458. The van der Waals surface area contributed by atoms with Crippen molar-refractivity contribution in [3.8, 4) is 0 Å². The van der Waals surface area contributed by atoms with Gasteiger partial charge in [0.2, 0.25) is 11.9 Å². The summed E-state index contributed by atoms with van der Waals surface area (Å²) in [7, 11) is 0. The highest BCUT2D eigenvalue weighted by Gasteiger charge is 2.30. The summed E-state index contributed by atoms with van der Waals surface area (Å²) in [4.78, 5) is 46.2. The van der Waals surface area contributed by atoms with Crippen LogP contribution in [-0.2, 0) is 16.0 Å². The first kappa shape index (κ1) is 25.8. The highest BCUT2D eigenvalue weighted by molar-refractivity contribution is 5.94. The molecule has 0 saturated heterocycles. The standard InChI is InChI=1S/C24H33N5O4/c1-24(2,18-21(31)32)17-20(30)29(16-11-19-9-4-3-5-10-19)23(33)28-13-7-6-12-25-22-26-14-8-15-27-22/h3-5,8-10,14-15H,6-7,11-13,16-18H2,1-2H3,(H,28,33)(H,31,32)(H,25,26,27). The van der Waals surface area contributed by atoms with Gasteiger partial charge in [-0.05, 0) is 36.3 Å². The molecule has 0 atom stereocenters. The Morgan fingerprint density at radius 1 is 0.970 bits per heavy atom. The number of nitrogens with zero attached hydrogens (tertiary/aromatic N) is 3. The average molecular weight is 456 g/mol. The van der Waals surface area contributed by atoms with Crippen LogP contribution in [0.15, 0.2) is 48.8 Å². The molecule has 0 radical (unpaired) electrons. The zero-order valence-corrected chi connectivity index (χ0v) is 19.3. The molecule has 0 aliphatic carbocycles. The molecular weight excluding hydrogens is 422 g/mol. The van der Waals surface area contributed by atoms with Gasteiger partial charge in [0, 0.05) is 38.4 Å². The SMILES string of the molecule is CC(C)(CC(=O)O)CC(=O)N(CCc1ccccc1)C(=O)NCCCCNc1ncccn1. The van der Waals surface area contributed by atoms with Crippen LogP contribution in [0.3, 0.4) is 0 Å². The van der Waals surface area contributed by atoms with E-state index in [1.165, 1.54) is 4.90 Å². The van der Waals surface area contributed by atoms with Crippen molar-refractivity contribution >= 4 is 23.9 Å². The van der Waals surface area contributed by atoms with Crippen molar-refractivity contribution < 1.29 is 19.5 Å². The molecule has 0 fully saturated rings. The summed E-state index contributed by atoms with van der Waals surface area (Å²) < 4.78 is 0. The second-order valence-electron chi connectivity index (χ2n) is 8.63. The highest BCUT2D eigenvalue weighted by Crippen LogP contribution is 2.26. The molecule has 0 spiro atoms. The number of carbonyl (C=O) groups excluding carboxylic acids is 2. The normalized spacial score (nSPS) is 11.0. The molecule has 9 nitrogen and oxygen atoms in total. The first-order valence-corrected chi connectivity index (χ1v) is 11.1. The van der Waals surface area contributed by atoms with Crippen molar-refractivity contribution in [2.75, 3.05) is 25.0 Å². The van der Waals surface area contributed by atoms with E-state index in [4.69, 9.17) is 5.11 Å². The van der Waals surface area contributed by atoms with E-state index in [-0.39, 0.29) is 25.3 Å². The number of anilines is 1. The number of aromatic nitrogens is 2. The largest absolute Gasteiger partial charge is 0.481 e. The summed E-state index contributed by atoms with van der Waals surface area (Å²) in [5.41, 5.74) is 0.265. The van der Waals surface area contributed by atoms with E-state index in [0.29, 0.717) is 25.5 Å². The fourth-order valence-corrected chi connectivity index (χ4v) is 3.33. The summed E-state index contributed by atoms with van der Waals surface area (Å²) in [6.45, 7) is 4.75. The van der Waals surface area contributed by atoms with Gasteiger partial charge >= 0.3 is 12.0 Å². The maximum absolute atomic E-state index is 12.9. The third-order valence-corrected chi connectivity index (χ3v) is 5.00. The fourth-order valence-electron chi connectivity index (χ4n) is 3.33. The zero-order valence-electron chi connectivity index (χ0n) is 19.3. The number of hydrogen-bond acceptors (Lipinski definition) is 6. The molecule has 1 heterocycles. The smallest absolute Gasteiger partial charge is 0.324 e. The average Bonchev–Trinajstić information content (AvgIpc) is 2.76. The topological polar surface area (TPSA) is 125 Å². The van der Waals surface area contributed by atoms with Gasteiger partial charge < -0.3 is 15.7 Å². The molecule has 9 heteroatoms. The lowest BCUT2D eigenvalue weighted by atomic mass is 9.85. The zero-order chi connectivity index (χ0) is 24.1. The predicted molar refractivity (Wildman–Crippen MR) is 126 cm³/mol. The van der Waals surface area contributed by atoms with Crippen LogP contribution >= 0.6 is 0 Å². The number of carbonyl (C=O) groups is 3. The number of amides is 3. The Kier molecular flexibility index (Phi) is 10.3. The van der Waals surface area contributed by atoms with Gasteiger partial charge in [0.15, 0.2) is 0 Å². The summed E-state index contributed by atoms with van der Waals surface area (Å²) in [5, 5.41) is 15.0. The lowest BCUT2D eigenvalue weighted by Gasteiger charge is -2.27. The van der Waals surface area contributed by atoms with Crippen molar-refractivity contribution in [2.24, 2.45) is 5.41 Å². The maximum atomic E-state index is 12.9. The van der Waals surface area contributed by atoms with Crippen LogP contribution in [0.5, 0.6) is 0 Å². The number of nitrogens with one attached hydrogen (secondary N) is 2. The van der Waals surface area contributed by atoms with E-state index in [2.05, 4.69) is 20.6 Å².